The Morgan fingerprint density at radius 2 is 2.33 bits per heavy atom. The summed E-state index contributed by atoms with van der Waals surface area (Å²) >= 11 is 1.87. The Morgan fingerprint density at radius 3 is 2.93 bits per heavy atom. The molecule has 15 heavy (non-hydrogen) atoms. The van der Waals surface area contributed by atoms with Gasteiger partial charge in [0.1, 0.15) is 0 Å². The molecule has 1 rings (SSSR count). The van der Waals surface area contributed by atoms with Crippen LogP contribution >= 0.6 is 11.8 Å². The van der Waals surface area contributed by atoms with Gasteiger partial charge in [-0.2, -0.15) is 11.8 Å². The van der Waals surface area contributed by atoms with Gasteiger partial charge in [0.15, 0.2) is 0 Å². The smallest absolute Gasteiger partial charge is 0.223 e. The van der Waals surface area contributed by atoms with E-state index >= 15 is 0 Å². The molecule has 1 saturated carbocycles. The van der Waals surface area contributed by atoms with Crippen LogP contribution in [-0.2, 0) is 4.79 Å². The van der Waals surface area contributed by atoms with Crippen LogP contribution in [0, 0.1) is 5.92 Å². The van der Waals surface area contributed by atoms with E-state index in [0.29, 0.717) is 17.8 Å². The van der Waals surface area contributed by atoms with Gasteiger partial charge in [0.2, 0.25) is 5.91 Å². The Morgan fingerprint density at radius 1 is 1.60 bits per heavy atom. The highest BCUT2D eigenvalue weighted by atomic mass is 32.2. The number of nitrogens with one attached hydrogen (secondary N) is 1. The third-order valence-electron chi connectivity index (χ3n) is 3.13. The van der Waals surface area contributed by atoms with Gasteiger partial charge >= 0.3 is 0 Å². The van der Waals surface area contributed by atoms with E-state index in [1.807, 2.05) is 18.7 Å². The molecule has 0 aromatic heterocycles. The summed E-state index contributed by atoms with van der Waals surface area (Å²) < 4.78 is 0. The van der Waals surface area contributed by atoms with Crippen molar-refractivity contribution in [1.82, 2.24) is 5.32 Å². The van der Waals surface area contributed by atoms with Gasteiger partial charge in [-0.25, -0.2) is 0 Å². The van der Waals surface area contributed by atoms with E-state index in [-0.39, 0.29) is 11.8 Å². The molecule has 1 fully saturated rings. The maximum atomic E-state index is 11.8. The van der Waals surface area contributed by atoms with Gasteiger partial charge in [0.25, 0.3) is 0 Å². The third kappa shape index (κ3) is 3.68. The Hall–Kier alpha value is -0.220. The molecule has 0 bridgehead atoms. The molecule has 0 radical (unpaired) electrons. The van der Waals surface area contributed by atoms with Gasteiger partial charge in [-0.3, -0.25) is 4.79 Å². The molecule has 1 aliphatic rings. The van der Waals surface area contributed by atoms with Crippen LogP contribution in [0.3, 0.4) is 0 Å². The van der Waals surface area contributed by atoms with E-state index < -0.39 is 0 Å². The fraction of sp³-hybridized carbons (Fsp3) is 0.909. The van der Waals surface area contributed by atoms with Crippen LogP contribution in [0.5, 0.6) is 0 Å². The van der Waals surface area contributed by atoms with Crippen LogP contribution in [0.1, 0.15) is 32.6 Å². The Bertz CT molecular complexity index is 211. The highest BCUT2D eigenvalue weighted by Crippen LogP contribution is 2.28. The van der Waals surface area contributed by atoms with Crippen LogP contribution in [-0.4, -0.2) is 30.0 Å². The summed E-state index contributed by atoms with van der Waals surface area (Å²) in [6.07, 6.45) is 6.51. The highest BCUT2D eigenvalue weighted by molar-refractivity contribution is 7.99. The zero-order chi connectivity index (χ0) is 11.3. The maximum absolute atomic E-state index is 11.8. The zero-order valence-corrected chi connectivity index (χ0v) is 10.5. The predicted octanol–water partition coefficient (Wildman–Crippen LogP) is 1.37. The lowest BCUT2D eigenvalue weighted by molar-refractivity contribution is -0.125. The van der Waals surface area contributed by atoms with Gasteiger partial charge in [-0.05, 0) is 32.1 Å². The molecule has 0 saturated heterocycles. The first-order valence-electron chi connectivity index (χ1n) is 5.72. The average molecular weight is 230 g/mol. The molecule has 3 unspecified atom stereocenters. The van der Waals surface area contributed by atoms with E-state index in [1.54, 1.807) is 0 Å². The van der Waals surface area contributed by atoms with Crippen molar-refractivity contribution in [1.29, 1.82) is 0 Å². The Kier molecular flexibility index (Phi) is 5.47. The first-order chi connectivity index (χ1) is 7.19. The number of carbonyl (C=O) groups excluding carboxylic acids is 1. The van der Waals surface area contributed by atoms with E-state index in [9.17, 15) is 4.79 Å². The molecule has 3 N–H and O–H groups in total. The number of hydrogen-bond acceptors (Lipinski definition) is 3. The van der Waals surface area contributed by atoms with Crippen LogP contribution < -0.4 is 11.1 Å². The van der Waals surface area contributed by atoms with Gasteiger partial charge in [0.05, 0.1) is 0 Å². The maximum Gasteiger partial charge on any atom is 0.223 e. The fourth-order valence-corrected chi connectivity index (χ4v) is 3.01. The highest BCUT2D eigenvalue weighted by Gasteiger charge is 2.28. The molecule has 0 aromatic carbocycles. The summed E-state index contributed by atoms with van der Waals surface area (Å²) in [5.74, 6) is 0.226. The lowest BCUT2D eigenvalue weighted by atomic mass is 10.1. The molecule has 0 aliphatic heterocycles. The van der Waals surface area contributed by atoms with Crippen LogP contribution in [0.25, 0.3) is 0 Å². The minimum atomic E-state index is 0.0538. The molecule has 0 heterocycles. The molecular weight excluding hydrogens is 208 g/mol. The van der Waals surface area contributed by atoms with Crippen molar-refractivity contribution in [3.63, 3.8) is 0 Å². The van der Waals surface area contributed by atoms with Gasteiger partial charge in [-0.1, -0.05) is 13.3 Å². The third-order valence-corrected chi connectivity index (χ3v) is 4.30. The van der Waals surface area contributed by atoms with Crippen molar-refractivity contribution in [2.45, 2.75) is 43.9 Å². The summed E-state index contributed by atoms with van der Waals surface area (Å²) in [7, 11) is 0. The first kappa shape index (κ1) is 12.8. The minimum Gasteiger partial charge on any atom is -0.352 e. The molecule has 3 nitrogen and oxygen atoms in total. The largest absolute Gasteiger partial charge is 0.352 e. The Balaban J connectivity index is 2.36. The van der Waals surface area contributed by atoms with Crippen molar-refractivity contribution in [2.24, 2.45) is 11.7 Å². The second-order valence-corrected chi connectivity index (χ2v) is 5.38. The predicted molar refractivity (Wildman–Crippen MR) is 65.9 cm³/mol. The van der Waals surface area contributed by atoms with Crippen molar-refractivity contribution in [3.8, 4) is 0 Å². The van der Waals surface area contributed by atoms with Crippen LogP contribution in [0.2, 0.25) is 0 Å². The second-order valence-electron chi connectivity index (χ2n) is 4.30. The number of carbonyl (C=O) groups is 1. The molecule has 3 atom stereocenters. The van der Waals surface area contributed by atoms with Gasteiger partial charge < -0.3 is 11.1 Å². The summed E-state index contributed by atoms with van der Waals surface area (Å²) in [6.45, 7) is 2.54. The Labute approximate surface area is 96.6 Å². The number of amides is 1. The minimum absolute atomic E-state index is 0.0538. The van der Waals surface area contributed by atoms with Crippen molar-refractivity contribution in [2.75, 3.05) is 12.8 Å². The number of thioether (sulfide) groups is 1. The average Bonchev–Trinajstić information content (AvgIpc) is 2.65. The summed E-state index contributed by atoms with van der Waals surface area (Å²) in [4.78, 5) is 11.8. The fourth-order valence-electron chi connectivity index (χ4n) is 2.08. The van der Waals surface area contributed by atoms with Crippen molar-refractivity contribution in [3.05, 3.63) is 0 Å². The SMILES string of the molecule is CSC1CCCC1NC(=O)C(C)CCN. The number of hydrogen-bond donors (Lipinski definition) is 2. The summed E-state index contributed by atoms with van der Waals surface area (Å²) in [5, 5.41) is 3.76. The molecule has 0 spiro atoms. The summed E-state index contributed by atoms with van der Waals surface area (Å²) in [6, 6.07) is 0.382. The molecule has 1 amide bonds. The van der Waals surface area contributed by atoms with Crippen molar-refractivity contribution >= 4 is 17.7 Å². The molecule has 0 aromatic rings. The van der Waals surface area contributed by atoms with E-state index in [4.69, 9.17) is 5.73 Å². The van der Waals surface area contributed by atoms with Crippen molar-refractivity contribution < 1.29 is 4.79 Å². The number of rotatable bonds is 5. The zero-order valence-electron chi connectivity index (χ0n) is 9.66. The number of nitrogens with two attached hydrogens (primary N) is 1. The first-order valence-corrected chi connectivity index (χ1v) is 7.01. The van der Waals surface area contributed by atoms with Gasteiger partial charge in [-0.15, -0.1) is 0 Å². The van der Waals surface area contributed by atoms with Crippen LogP contribution in [0.15, 0.2) is 0 Å². The van der Waals surface area contributed by atoms with E-state index in [2.05, 4.69) is 11.6 Å². The second kappa shape index (κ2) is 6.38. The topological polar surface area (TPSA) is 55.1 Å². The van der Waals surface area contributed by atoms with Crippen LogP contribution in [0.4, 0.5) is 0 Å². The normalized spacial score (nSPS) is 27.7. The van der Waals surface area contributed by atoms with E-state index in [1.165, 1.54) is 12.8 Å². The monoisotopic (exact) mass is 230 g/mol. The molecule has 1 aliphatic carbocycles. The quantitative estimate of drug-likeness (QED) is 0.750. The van der Waals surface area contributed by atoms with Gasteiger partial charge in [0, 0.05) is 17.2 Å². The standard InChI is InChI=1S/C11H22N2OS/c1-8(6-7-12)11(14)13-9-4-3-5-10(9)15-2/h8-10H,3-7,12H2,1-2H3,(H,13,14). The molecular formula is C11H22N2OS. The molecule has 4 heteroatoms. The van der Waals surface area contributed by atoms with E-state index in [0.717, 1.165) is 12.8 Å². The lowest BCUT2D eigenvalue weighted by Gasteiger charge is -2.21. The summed E-state index contributed by atoms with van der Waals surface area (Å²) in [5.41, 5.74) is 5.44. The lowest BCUT2D eigenvalue weighted by Crippen LogP contribution is -2.41. The molecule has 88 valence electrons.